The van der Waals surface area contributed by atoms with Crippen molar-refractivity contribution in [2.45, 2.75) is 37.0 Å². The third-order valence-electron chi connectivity index (χ3n) is 2.48. The lowest BCUT2D eigenvalue weighted by atomic mass is 10.2. The van der Waals surface area contributed by atoms with E-state index in [1.165, 1.54) is 10.5 Å². The molecule has 0 radical (unpaired) electrons. The van der Waals surface area contributed by atoms with Crippen LogP contribution in [-0.4, -0.2) is 17.5 Å². The SMILES string of the molecule is CC[C@H](C)N=C(N)SCc1ccc(SC)cc1. The van der Waals surface area contributed by atoms with E-state index in [2.05, 4.69) is 49.4 Å². The van der Waals surface area contributed by atoms with Crippen molar-refractivity contribution in [3.63, 3.8) is 0 Å². The van der Waals surface area contributed by atoms with Crippen molar-refractivity contribution >= 4 is 28.7 Å². The van der Waals surface area contributed by atoms with Gasteiger partial charge < -0.3 is 5.73 Å². The van der Waals surface area contributed by atoms with Crippen LogP contribution in [0.5, 0.6) is 0 Å². The van der Waals surface area contributed by atoms with Gasteiger partial charge in [0, 0.05) is 16.7 Å². The largest absolute Gasteiger partial charge is 0.379 e. The van der Waals surface area contributed by atoms with E-state index in [0.717, 1.165) is 12.2 Å². The van der Waals surface area contributed by atoms with E-state index in [0.29, 0.717) is 11.2 Å². The Morgan fingerprint density at radius 2 is 2.00 bits per heavy atom. The maximum atomic E-state index is 5.86. The van der Waals surface area contributed by atoms with Crippen LogP contribution < -0.4 is 5.73 Å². The van der Waals surface area contributed by atoms with Gasteiger partial charge in [-0.1, -0.05) is 30.8 Å². The van der Waals surface area contributed by atoms with Crippen LogP contribution in [0.2, 0.25) is 0 Å². The van der Waals surface area contributed by atoms with Crippen molar-refractivity contribution in [2.75, 3.05) is 6.26 Å². The van der Waals surface area contributed by atoms with E-state index >= 15 is 0 Å². The third kappa shape index (κ3) is 5.50. The second-order valence-electron chi connectivity index (χ2n) is 3.86. The molecule has 0 spiro atoms. The van der Waals surface area contributed by atoms with Crippen LogP contribution in [0.4, 0.5) is 0 Å². The summed E-state index contributed by atoms with van der Waals surface area (Å²) in [6.45, 7) is 4.20. The van der Waals surface area contributed by atoms with Gasteiger partial charge in [0.15, 0.2) is 5.17 Å². The van der Waals surface area contributed by atoms with E-state index in [9.17, 15) is 0 Å². The number of benzene rings is 1. The average Bonchev–Trinajstić information content (AvgIpc) is 2.36. The maximum Gasteiger partial charge on any atom is 0.154 e. The number of hydrogen-bond acceptors (Lipinski definition) is 3. The minimum Gasteiger partial charge on any atom is -0.379 e. The molecule has 2 nitrogen and oxygen atoms in total. The van der Waals surface area contributed by atoms with E-state index < -0.39 is 0 Å². The summed E-state index contributed by atoms with van der Waals surface area (Å²) in [7, 11) is 0. The number of rotatable bonds is 5. The average molecular weight is 268 g/mol. The van der Waals surface area contributed by atoms with Crippen LogP contribution in [-0.2, 0) is 5.75 Å². The Hall–Kier alpha value is -0.610. The Balaban J connectivity index is 2.46. The molecule has 4 heteroatoms. The zero-order chi connectivity index (χ0) is 12.7. The van der Waals surface area contributed by atoms with Crippen molar-refractivity contribution in [1.82, 2.24) is 0 Å². The molecular weight excluding hydrogens is 248 g/mol. The second kappa shape index (κ2) is 7.67. The molecule has 0 saturated carbocycles. The van der Waals surface area contributed by atoms with E-state index in [1.807, 2.05) is 0 Å². The van der Waals surface area contributed by atoms with E-state index in [-0.39, 0.29) is 0 Å². The molecule has 0 saturated heterocycles. The quantitative estimate of drug-likeness (QED) is 0.502. The van der Waals surface area contributed by atoms with Gasteiger partial charge in [-0.2, -0.15) is 0 Å². The molecule has 0 bridgehead atoms. The van der Waals surface area contributed by atoms with Gasteiger partial charge in [-0.3, -0.25) is 4.99 Å². The third-order valence-corrected chi connectivity index (χ3v) is 4.11. The number of nitrogens with two attached hydrogens (primary N) is 1. The summed E-state index contributed by atoms with van der Waals surface area (Å²) in [6.07, 6.45) is 3.12. The number of aliphatic imine (C=N–C) groups is 1. The standard InChI is InChI=1S/C13H20N2S2/c1-4-10(2)15-13(14)17-9-11-5-7-12(16-3)8-6-11/h5-8,10H,4,9H2,1-3H3,(H2,14,15)/t10-/m0/s1. The molecule has 0 unspecified atom stereocenters. The maximum absolute atomic E-state index is 5.86. The van der Waals surface area contributed by atoms with Gasteiger partial charge in [0.2, 0.25) is 0 Å². The van der Waals surface area contributed by atoms with E-state index in [4.69, 9.17) is 5.73 Å². The van der Waals surface area contributed by atoms with Crippen LogP contribution in [0, 0.1) is 0 Å². The summed E-state index contributed by atoms with van der Waals surface area (Å²) in [5, 5.41) is 0.688. The summed E-state index contributed by atoms with van der Waals surface area (Å²) in [6, 6.07) is 8.90. The molecule has 0 heterocycles. The first-order valence-corrected chi connectivity index (χ1v) is 7.95. The van der Waals surface area contributed by atoms with Crippen LogP contribution in [0.25, 0.3) is 0 Å². The molecule has 0 fully saturated rings. The second-order valence-corrected chi connectivity index (χ2v) is 5.74. The molecule has 0 aliphatic rings. The predicted octanol–water partition coefficient (Wildman–Crippen LogP) is 3.75. The summed E-state index contributed by atoms with van der Waals surface area (Å²) in [5.41, 5.74) is 7.15. The van der Waals surface area contributed by atoms with Crippen LogP contribution >= 0.6 is 23.5 Å². The number of hydrogen-bond donors (Lipinski definition) is 1. The fourth-order valence-corrected chi connectivity index (χ4v) is 2.39. The zero-order valence-electron chi connectivity index (χ0n) is 10.6. The van der Waals surface area contributed by atoms with Crippen LogP contribution in [0.1, 0.15) is 25.8 Å². The lowest BCUT2D eigenvalue weighted by Crippen LogP contribution is -2.11. The molecule has 1 aromatic carbocycles. The lowest BCUT2D eigenvalue weighted by molar-refractivity contribution is 0.718. The Morgan fingerprint density at radius 3 is 2.53 bits per heavy atom. The van der Waals surface area contributed by atoms with Gasteiger partial charge in [0.1, 0.15) is 0 Å². The predicted molar refractivity (Wildman–Crippen MR) is 80.9 cm³/mol. The Labute approximate surface area is 112 Å². The first-order valence-electron chi connectivity index (χ1n) is 5.74. The number of nitrogens with zero attached hydrogens (tertiary/aromatic N) is 1. The minimum atomic E-state index is 0.321. The molecule has 0 aromatic heterocycles. The summed E-state index contributed by atoms with van der Waals surface area (Å²) in [5.74, 6) is 0.889. The van der Waals surface area contributed by atoms with Crippen molar-refractivity contribution in [1.29, 1.82) is 0 Å². The zero-order valence-corrected chi connectivity index (χ0v) is 12.3. The highest BCUT2D eigenvalue weighted by Crippen LogP contribution is 2.18. The Kier molecular flexibility index (Phi) is 6.52. The summed E-state index contributed by atoms with van der Waals surface area (Å²) in [4.78, 5) is 5.69. The van der Waals surface area contributed by atoms with Crippen LogP contribution in [0.15, 0.2) is 34.2 Å². The fraction of sp³-hybridized carbons (Fsp3) is 0.462. The molecule has 1 aromatic rings. The fourth-order valence-electron chi connectivity index (χ4n) is 1.22. The van der Waals surface area contributed by atoms with Gasteiger partial charge in [-0.25, -0.2) is 0 Å². The first kappa shape index (κ1) is 14.5. The number of thioether (sulfide) groups is 2. The monoisotopic (exact) mass is 268 g/mol. The van der Waals surface area contributed by atoms with Gasteiger partial charge in [0.25, 0.3) is 0 Å². The Bertz CT molecular complexity index is 360. The van der Waals surface area contributed by atoms with Crippen molar-refractivity contribution in [3.8, 4) is 0 Å². The molecule has 1 rings (SSSR count). The molecule has 0 aliphatic heterocycles. The topological polar surface area (TPSA) is 38.4 Å². The van der Waals surface area contributed by atoms with E-state index in [1.54, 1.807) is 23.5 Å². The molecule has 1 atom stereocenters. The number of amidine groups is 1. The van der Waals surface area contributed by atoms with Gasteiger partial charge in [-0.15, -0.1) is 11.8 Å². The van der Waals surface area contributed by atoms with Gasteiger partial charge in [-0.05, 0) is 37.3 Å². The smallest absolute Gasteiger partial charge is 0.154 e. The summed E-state index contributed by atoms with van der Waals surface area (Å²) < 4.78 is 0. The molecule has 2 N–H and O–H groups in total. The van der Waals surface area contributed by atoms with Crippen molar-refractivity contribution < 1.29 is 0 Å². The highest BCUT2D eigenvalue weighted by molar-refractivity contribution is 8.13. The molecule has 17 heavy (non-hydrogen) atoms. The molecular formula is C13H20N2S2. The highest BCUT2D eigenvalue weighted by Gasteiger charge is 2.00. The van der Waals surface area contributed by atoms with Crippen LogP contribution in [0.3, 0.4) is 0 Å². The molecule has 94 valence electrons. The Morgan fingerprint density at radius 1 is 1.35 bits per heavy atom. The van der Waals surface area contributed by atoms with Gasteiger partial charge >= 0.3 is 0 Å². The minimum absolute atomic E-state index is 0.321. The highest BCUT2D eigenvalue weighted by atomic mass is 32.2. The van der Waals surface area contributed by atoms with Crippen molar-refractivity contribution in [3.05, 3.63) is 29.8 Å². The summed E-state index contributed by atoms with van der Waals surface area (Å²) >= 11 is 3.37. The lowest BCUT2D eigenvalue weighted by Gasteiger charge is -2.05. The molecule has 0 aliphatic carbocycles. The van der Waals surface area contributed by atoms with Gasteiger partial charge in [0.05, 0.1) is 0 Å². The molecule has 0 amide bonds. The van der Waals surface area contributed by atoms with Crippen molar-refractivity contribution in [2.24, 2.45) is 10.7 Å². The normalized spacial score (nSPS) is 13.7. The first-order chi connectivity index (χ1) is 8.15.